The third-order valence-electron chi connectivity index (χ3n) is 3.59. The molecule has 1 N–H and O–H groups in total. The van der Waals surface area contributed by atoms with Crippen LogP contribution in [0, 0.1) is 5.92 Å². The van der Waals surface area contributed by atoms with Crippen molar-refractivity contribution in [3.63, 3.8) is 0 Å². The number of hydrogen-bond donors (Lipinski definition) is 1. The Morgan fingerprint density at radius 3 is 2.90 bits per heavy atom. The van der Waals surface area contributed by atoms with Gasteiger partial charge in [0.1, 0.15) is 11.3 Å². The fourth-order valence-electron chi connectivity index (χ4n) is 2.66. The summed E-state index contributed by atoms with van der Waals surface area (Å²) in [5.74, 6) is -0.487. The van der Waals surface area contributed by atoms with Crippen molar-refractivity contribution in [3.8, 4) is 0 Å². The zero-order valence-electron chi connectivity index (χ0n) is 10.7. The summed E-state index contributed by atoms with van der Waals surface area (Å²) in [7, 11) is -2.90. The number of carboxylic acids is 1. The van der Waals surface area contributed by atoms with Crippen molar-refractivity contribution in [1.29, 1.82) is 0 Å². The highest BCUT2D eigenvalue weighted by atomic mass is 32.2. The third kappa shape index (κ3) is 2.40. The minimum Gasteiger partial charge on any atom is -0.477 e. The maximum Gasteiger partial charge on any atom is 0.352 e. The molecule has 6 nitrogen and oxygen atoms in total. The highest BCUT2D eigenvalue weighted by molar-refractivity contribution is 7.91. The number of carboxylic acid groups (broad SMARTS) is 1. The molecule has 0 saturated carbocycles. The number of aromatic nitrogens is 2. The summed E-state index contributed by atoms with van der Waals surface area (Å²) in [5.41, 5.74) is 1.46. The van der Waals surface area contributed by atoms with Gasteiger partial charge < -0.3 is 5.11 Å². The van der Waals surface area contributed by atoms with Crippen molar-refractivity contribution >= 4 is 21.5 Å². The first kappa shape index (κ1) is 13.1. The third-order valence-corrected chi connectivity index (χ3v) is 5.42. The highest BCUT2D eigenvalue weighted by Gasteiger charge is 2.28. The topological polar surface area (TPSA) is 88.7 Å². The Morgan fingerprint density at radius 2 is 2.25 bits per heavy atom. The fourth-order valence-corrected chi connectivity index (χ4v) is 4.52. The zero-order valence-corrected chi connectivity index (χ0v) is 11.5. The maximum atomic E-state index is 11.4. The Kier molecular flexibility index (Phi) is 3.01. The smallest absolute Gasteiger partial charge is 0.352 e. The molecule has 1 atom stereocenters. The van der Waals surface area contributed by atoms with Crippen LogP contribution in [0.1, 0.15) is 22.6 Å². The van der Waals surface area contributed by atoms with E-state index in [-0.39, 0.29) is 23.1 Å². The number of carbonyl (C=O) groups is 1. The molecule has 0 bridgehead atoms. The van der Waals surface area contributed by atoms with Gasteiger partial charge in [0, 0.05) is 6.20 Å². The molecule has 20 heavy (non-hydrogen) atoms. The monoisotopic (exact) mass is 294 g/mol. The molecule has 0 aliphatic carbocycles. The van der Waals surface area contributed by atoms with Gasteiger partial charge >= 0.3 is 5.97 Å². The van der Waals surface area contributed by atoms with E-state index in [0.29, 0.717) is 18.5 Å². The van der Waals surface area contributed by atoms with Gasteiger partial charge in [0.05, 0.1) is 17.2 Å². The average molecular weight is 294 g/mol. The lowest BCUT2D eigenvalue weighted by atomic mass is 10.0. The van der Waals surface area contributed by atoms with Gasteiger partial charge in [-0.05, 0) is 30.9 Å². The molecule has 1 unspecified atom stereocenters. The molecule has 1 saturated heterocycles. The van der Waals surface area contributed by atoms with Gasteiger partial charge in [0.2, 0.25) is 0 Å². The molecule has 0 aromatic carbocycles. The minimum absolute atomic E-state index is 0.0817. The van der Waals surface area contributed by atoms with Crippen LogP contribution in [0.15, 0.2) is 24.4 Å². The van der Waals surface area contributed by atoms with Crippen LogP contribution in [0.2, 0.25) is 0 Å². The van der Waals surface area contributed by atoms with Crippen molar-refractivity contribution in [2.45, 2.75) is 12.8 Å². The molecule has 106 valence electrons. The second-order valence-electron chi connectivity index (χ2n) is 5.15. The molecule has 7 heteroatoms. The van der Waals surface area contributed by atoms with Crippen LogP contribution >= 0.6 is 0 Å². The number of hydrogen-bond acceptors (Lipinski definition) is 4. The molecule has 3 rings (SSSR count). The molecule has 0 radical (unpaired) electrons. The van der Waals surface area contributed by atoms with Crippen LogP contribution in [-0.4, -0.2) is 40.4 Å². The van der Waals surface area contributed by atoms with Crippen LogP contribution in [-0.2, 0) is 16.3 Å². The first-order chi connectivity index (χ1) is 9.44. The molecule has 0 amide bonds. The summed E-state index contributed by atoms with van der Waals surface area (Å²) in [4.78, 5) is 15.5. The summed E-state index contributed by atoms with van der Waals surface area (Å²) < 4.78 is 24.4. The molecule has 0 spiro atoms. The SMILES string of the molecule is O=C(O)c1cccc2nc(CC3CCS(=O)(=O)C3)cn12. The first-order valence-corrected chi connectivity index (χ1v) is 8.17. The second kappa shape index (κ2) is 4.59. The van der Waals surface area contributed by atoms with E-state index in [1.165, 1.54) is 10.5 Å². The van der Waals surface area contributed by atoms with Gasteiger partial charge in [-0.2, -0.15) is 0 Å². The molecule has 1 aliphatic heterocycles. The van der Waals surface area contributed by atoms with Crippen LogP contribution in [0.25, 0.3) is 5.65 Å². The van der Waals surface area contributed by atoms with Gasteiger partial charge in [-0.25, -0.2) is 18.2 Å². The Morgan fingerprint density at radius 1 is 1.45 bits per heavy atom. The summed E-state index contributed by atoms with van der Waals surface area (Å²) in [5, 5.41) is 9.12. The predicted octanol–water partition coefficient (Wildman–Crippen LogP) is 1.01. The summed E-state index contributed by atoms with van der Waals surface area (Å²) in [6.45, 7) is 0. The van der Waals surface area contributed by atoms with Gasteiger partial charge in [-0.1, -0.05) is 6.07 Å². The van der Waals surface area contributed by atoms with Crippen LogP contribution in [0.4, 0.5) is 0 Å². The predicted molar refractivity (Wildman–Crippen MR) is 72.6 cm³/mol. The Hall–Kier alpha value is -1.89. The quantitative estimate of drug-likeness (QED) is 0.912. The number of nitrogens with zero attached hydrogens (tertiary/aromatic N) is 2. The average Bonchev–Trinajstić information content (AvgIpc) is 2.91. The molecule has 1 aliphatic rings. The molecule has 2 aromatic heterocycles. The van der Waals surface area contributed by atoms with Crippen molar-refractivity contribution in [2.24, 2.45) is 5.92 Å². The molecular formula is C13H14N2O4S. The van der Waals surface area contributed by atoms with Gasteiger partial charge in [-0.15, -0.1) is 0 Å². The van der Waals surface area contributed by atoms with Crippen LogP contribution in [0.3, 0.4) is 0 Å². The Bertz CT molecular complexity index is 779. The Labute approximate surface area is 116 Å². The van der Waals surface area contributed by atoms with Crippen molar-refractivity contribution in [2.75, 3.05) is 11.5 Å². The van der Waals surface area contributed by atoms with E-state index in [0.717, 1.165) is 5.69 Å². The normalized spacial score (nSPS) is 21.3. The van der Waals surface area contributed by atoms with E-state index in [4.69, 9.17) is 5.11 Å². The van der Waals surface area contributed by atoms with Gasteiger partial charge in [0.15, 0.2) is 9.84 Å². The van der Waals surface area contributed by atoms with E-state index < -0.39 is 15.8 Å². The van der Waals surface area contributed by atoms with E-state index in [1.54, 1.807) is 18.3 Å². The molecule has 3 heterocycles. The van der Waals surface area contributed by atoms with Gasteiger partial charge in [-0.3, -0.25) is 4.40 Å². The number of rotatable bonds is 3. The zero-order chi connectivity index (χ0) is 14.3. The van der Waals surface area contributed by atoms with E-state index in [1.807, 2.05) is 0 Å². The number of aromatic carboxylic acids is 1. The van der Waals surface area contributed by atoms with Crippen molar-refractivity contribution in [3.05, 3.63) is 35.8 Å². The Balaban J connectivity index is 1.90. The standard InChI is InChI=1S/C13H14N2O4S/c16-13(17)11-2-1-3-12-14-10(7-15(11)12)6-9-4-5-20(18,19)8-9/h1-3,7,9H,4-6,8H2,(H,16,17). The molecular weight excluding hydrogens is 280 g/mol. The van der Waals surface area contributed by atoms with E-state index in [2.05, 4.69) is 4.98 Å². The summed E-state index contributed by atoms with van der Waals surface area (Å²) in [6, 6.07) is 4.90. The summed E-state index contributed by atoms with van der Waals surface area (Å²) >= 11 is 0. The lowest BCUT2D eigenvalue weighted by Gasteiger charge is -2.03. The first-order valence-electron chi connectivity index (χ1n) is 6.35. The number of imidazole rings is 1. The van der Waals surface area contributed by atoms with Crippen molar-refractivity contribution in [1.82, 2.24) is 9.38 Å². The van der Waals surface area contributed by atoms with Gasteiger partial charge in [0.25, 0.3) is 0 Å². The highest BCUT2D eigenvalue weighted by Crippen LogP contribution is 2.22. The minimum atomic E-state index is -2.90. The fraction of sp³-hybridized carbons (Fsp3) is 0.385. The maximum absolute atomic E-state index is 11.4. The number of fused-ring (bicyclic) bond motifs is 1. The lowest BCUT2D eigenvalue weighted by molar-refractivity contribution is 0.0689. The molecule has 1 fully saturated rings. The van der Waals surface area contributed by atoms with Crippen LogP contribution < -0.4 is 0 Å². The molecule has 2 aromatic rings. The van der Waals surface area contributed by atoms with E-state index in [9.17, 15) is 13.2 Å². The largest absolute Gasteiger partial charge is 0.477 e. The lowest BCUT2D eigenvalue weighted by Crippen LogP contribution is -2.07. The number of pyridine rings is 1. The van der Waals surface area contributed by atoms with Crippen molar-refractivity contribution < 1.29 is 18.3 Å². The second-order valence-corrected chi connectivity index (χ2v) is 7.38. The van der Waals surface area contributed by atoms with E-state index >= 15 is 0 Å². The number of sulfone groups is 1. The van der Waals surface area contributed by atoms with Crippen LogP contribution in [0.5, 0.6) is 0 Å². The summed E-state index contributed by atoms with van der Waals surface area (Å²) in [6.07, 6.45) is 2.91.